The molecule has 0 amide bonds. The van der Waals surface area contributed by atoms with Gasteiger partial charge in [0.15, 0.2) is 0 Å². The Morgan fingerprint density at radius 1 is 1.19 bits per heavy atom. The summed E-state index contributed by atoms with van der Waals surface area (Å²) in [6.07, 6.45) is 4.22. The van der Waals surface area contributed by atoms with Crippen LogP contribution in [0.25, 0.3) is 0 Å². The molecule has 2 aliphatic heterocycles. The minimum atomic E-state index is 0.151. The fourth-order valence-corrected chi connectivity index (χ4v) is 3.47. The van der Waals surface area contributed by atoms with E-state index in [9.17, 15) is 0 Å². The van der Waals surface area contributed by atoms with E-state index in [1.807, 2.05) is 19.9 Å². The molecular weight excluding hydrogens is 262 g/mol. The maximum absolute atomic E-state index is 6.02. The molecule has 2 saturated heterocycles. The summed E-state index contributed by atoms with van der Waals surface area (Å²) in [6.45, 7) is 8.75. The smallest absolute Gasteiger partial charge is 0.144 e. The number of nitrogens with zero attached hydrogens (tertiary/aromatic N) is 2. The van der Waals surface area contributed by atoms with Gasteiger partial charge in [-0.1, -0.05) is 6.42 Å². The largest absolute Gasteiger partial charge is 0.489 e. The minimum absolute atomic E-state index is 0.151. The van der Waals surface area contributed by atoms with Crippen LogP contribution in [0.3, 0.4) is 0 Å². The molecule has 116 valence electrons. The van der Waals surface area contributed by atoms with Crippen LogP contribution in [0.15, 0.2) is 18.2 Å². The monoisotopic (exact) mass is 289 g/mol. The lowest BCUT2D eigenvalue weighted by atomic mass is 9.99. The average molecular weight is 289 g/mol. The molecule has 0 spiro atoms. The van der Waals surface area contributed by atoms with Crippen LogP contribution >= 0.6 is 0 Å². The first kappa shape index (κ1) is 14.5. The number of piperidine rings is 1. The number of nitrogen functional groups attached to an aromatic ring is 1. The number of piperazine rings is 1. The van der Waals surface area contributed by atoms with Gasteiger partial charge in [-0.05, 0) is 45.4 Å². The fraction of sp³-hybridized carbons (Fsp3) is 0.647. The SMILES string of the molecule is CC(C)Oc1cc(N2CCN3CCCCC3C2)ccc1N. The highest BCUT2D eigenvalue weighted by Gasteiger charge is 2.29. The Labute approximate surface area is 127 Å². The maximum Gasteiger partial charge on any atom is 0.144 e. The van der Waals surface area contributed by atoms with Crippen molar-refractivity contribution in [2.75, 3.05) is 36.8 Å². The molecule has 4 nitrogen and oxygen atoms in total. The number of anilines is 2. The van der Waals surface area contributed by atoms with Gasteiger partial charge in [0.2, 0.25) is 0 Å². The first-order valence-corrected chi connectivity index (χ1v) is 8.18. The van der Waals surface area contributed by atoms with Gasteiger partial charge in [-0.2, -0.15) is 0 Å². The van der Waals surface area contributed by atoms with Crippen molar-refractivity contribution in [2.45, 2.75) is 45.3 Å². The number of ether oxygens (including phenoxy) is 1. The number of benzene rings is 1. The highest BCUT2D eigenvalue weighted by Crippen LogP contribution is 2.31. The molecule has 2 fully saturated rings. The zero-order chi connectivity index (χ0) is 14.8. The molecule has 0 bridgehead atoms. The van der Waals surface area contributed by atoms with Gasteiger partial charge in [-0.3, -0.25) is 4.90 Å². The lowest BCUT2D eigenvalue weighted by Gasteiger charge is -2.45. The summed E-state index contributed by atoms with van der Waals surface area (Å²) in [5.41, 5.74) is 7.99. The van der Waals surface area contributed by atoms with E-state index in [0.717, 1.165) is 30.6 Å². The Morgan fingerprint density at radius 3 is 2.86 bits per heavy atom. The maximum atomic E-state index is 6.02. The van der Waals surface area contributed by atoms with E-state index in [1.54, 1.807) is 0 Å². The molecule has 3 rings (SSSR count). The van der Waals surface area contributed by atoms with Crippen molar-refractivity contribution < 1.29 is 4.74 Å². The fourth-order valence-electron chi connectivity index (χ4n) is 3.47. The Bertz CT molecular complexity index is 489. The van der Waals surface area contributed by atoms with Gasteiger partial charge < -0.3 is 15.4 Å². The number of fused-ring (bicyclic) bond motifs is 1. The Morgan fingerprint density at radius 2 is 2.05 bits per heavy atom. The summed E-state index contributed by atoms with van der Waals surface area (Å²) >= 11 is 0. The Balaban J connectivity index is 1.74. The van der Waals surface area contributed by atoms with Crippen LogP contribution in [0.1, 0.15) is 33.1 Å². The van der Waals surface area contributed by atoms with Crippen LogP contribution < -0.4 is 15.4 Å². The van der Waals surface area contributed by atoms with Crippen LogP contribution in [0.4, 0.5) is 11.4 Å². The third kappa shape index (κ3) is 3.26. The van der Waals surface area contributed by atoms with Gasteiger partial charge in [0, 0.05) is 37.4 Å². The molecule has 2 heterocycles. The first-order chi connectivity index (χ1) is 10.1. The van der Waals surface area contributed by atoms with E-state index < -0.39 is 0 Å². The van der Waals surface area contributed by atoms with E-state index in [2.05, 4.69) is 21.9 Å². The van der Waals surface area contributed by atoms with Crippen molar-refractivity contribution in [2.24, 2.45) is 0 Å². The number of hydrogen-bond donors (Lipinski definition) is 1. The first-order valence-electron chi connectivity index (χ1n) is 8.18. The van der Waals surface area contributed by atoms with Crippen LogP contribution in [0, 0.1) is 0 Å². The molecule has 0 saturated carbocycles. The molecule has 1 aromatic carbocycles. The van der Waals surface area contributed by atoms with Crippen molar-refractivity contribution in [1.29, 1.82) is 0 Å². The van der Waals surface area contributed by atoms with Crippen LogP contribution in [0.2, 0.25) is 0 Å². The number of hydrogen-bond acceptors (Lipinski definition) is 4. The lowest BCUT2D eigenvalue weighted by Crippen LogP contribution is -2.54. The molecule has 2 N–H and O–H groups in total. The molecule has 0 radical (unpaired) electrons. The quantitative estimate of drug-likeness (QED) is 0.869. The van der Waals surface area contributed by atoms with Gasteiger partial charge in [-0.15, -0.1) is 0 Å². The predicted molar refractivity (Wildman–Crippen MR) is 88.0 cm³/mol. The highest BCUT2D eigenvalue weighted by molar-refractivity contribution is 5.62. The molecule has 1 unspecified atom stereocenters. The summed E-state index contributed by atoms with van der Waals surface area (Å²) < 4.78 is 5.82. The zero-order valence-electron chi connectivity index (χ0n) is 13.2. The summed E-state index contributed by atoms with van der Waals surface area (Å²) in [4.78, 5) is 5.14. The number of rotatable bonds is 3. The van der Waals surface area contributed by atoms with Gasteiger partial charge in [0.25, 0.3) is 0 Å². The lowest BCUT2D eigenvalue weighted by molar-refractivity contribution is 0.133. The van der Waals surface area contributed by atoms with Crippen LogP contribution in [-0.4, -0.2) is 43.2 Å². The standard InChI is InChI=1S/C17H27N3O/c1-13(2)21-17-11-14(6-7-16(17)18)20-10-9-19-8-4-3-5-15(19)12-20/h6-7,11,13,15H,3-5,8-10,12,18H2,1-2H3. The molecule has 0 aliphatic carbocycles. The zero-order valence-corrected chi connectivity index (χ0v) is 13.2. The molecule has 0 aromatic heterocycles. The van der Waals surface area contributed by atoms with Crippen molar-refractivity contribution >= 4 is 11.4 Å². The van der Waals surface area contributed by atoms with Crippen molar-refractivity contribution in [1.82, 2.24) is 4.90 Å². The molecule has 21 heavy (non-hydrogen) atoms. The normalized spacial score (nSPS) is 23.2. The van der Waals surface area contributed by atoms with E-state index in [4.69, 9.17) is 10.5 Å². The molecule has 1 aromatic rings. The van der Waals surface area contributed by atoms with Gasteiger partial charge in [0.05, 0.1) is 11.8 Å². The summed E-state index contributed by atoms with van der Waals surface area (Å²) in [5.74, 6) is 0.813. The third-order valence-corrected chi connectivity index (χ3v) is 4.56. The average Bonchev–Trinajstić information content (AvgIpc) is 2.48. The minimum Gasteiger partial charge on any atom is -0.489 e. The van der Waals surface area contributed by atoms with E-state index >= 15 is 0 Å². The predicted octanol–water partition coefficient (Wildman–Crippen LogP) is 2.73. The van der Waals surface area contributed by atoms with Crippen molar-refractivity contribution in [3.63, 3.8) is 0 Å². The Hall–Kier alpha value is -1.42. The van der Waals surface area contributed by atoms with Crippen LogP contribution in [-0.2, 0) is 0 Å². The third-order valence-electron chi connectivity index (χ3n) is 4.56. The van der Waals surface area contributed by atoms with Crippen molar-refractivity contribution in [3.05, 3.63) is 18.2 Å². The van der Waals surface area contributed by atoms with Gasteiger partial charge in [-0.25, -0.2) is 0 Å². The van der Waals surface area contributed by atoms with Crippen LogP contribution in [0.5, 0.6) is 5.75 Å². The second-order valence-electron chi connectivity index (χ2n) is 6.52. The second-order valence-corrected chi connectivity index (χ2v) is 6.52. The molecule has 2 aliphatic rings. The summed E-state index contributed by atoms with van der Waals surface area (Å²) in [7, 11) is 0. The summed E-state index contributed by atoms with van der Waals surface area (Å²) in [6, 6.07) is 6.93. The second kappa shape index (κ2) is 6.14. The molecule has 1 atom stereocenters. The van der Waals surface area contributed by atoms with Crippen molar-refractivity contribution in [3.8, 4) is 5.75 Å². The van der Waals surface area contributed by atoms with Gasteiger partial charge in [0.1, 0.15) is 5.75 Å². The topological polar surface area (TPSA) is 41.7 Å². The van der Waals surface area contributed by atoms with E-state index in [-0.39, 0.29) is 6.10 Å². The van der Waals surface area contributed by atoms with E-state index in [0.29, 0.717) is 0 Å². The van der Waals surface area contributed by atoms with E-state index in [1.165, 1.54) is 38.0 Å². The molecule has 4 heteroatoms. The molecular formula is C17H27N3O. The number of nitrogens with two attached hydrogens (primary N) is 1. The van der Waals surface area contributed by atoms with Gasteiger partial charge >= 0.3 is 0 Å². The Kier molecular flexibility index (Phi) is 4.24. The summed E-state index contributed by atoms with van der Waals surface area (Å²) in [5, 5.41) is 0. The highest BCUT2D eigenvalue weighted by atomic mass is 16.5.